The van der Waals surface area contributed by atoms with Crippen molar-refractivity contribution in [2.24, 2.45) is 0 Å². The molecule has 0 radical (unpaired) electrons. The number of rotatable bonds is 2. The van der Waals surface area contributed by atoms with Crippen LogP contribution < -0.4 is 0 Å². The van der Waals surface area contributed by atoms with Crippen molar-refractivity contribution in [2.45, 2.75) is 9.92 Å². The minimum absolute atomic E-state index is 0.555. The fourth-order valence-electron chi connectivity index (χ4n) is 1.14. The molecule has 1 atom stereocenters. The lowest BCUT2D eigenvalue weighted by Crippen LogP contribution is -1.94. The molecule has 0 amide bonds. The maximum absolute atomic E-state index is 12.0. The molecule has 0 saturated carbocycles. The average molecular weight is 238 g/mol. The van der Waals surface area contributed by atoms with Crippen LogP contribution in [0.25, 0.3) is 0 Å². The molecular formula is C11H8ClNOS. The second kappa shape index (κ2) is 4.55. The molecule has 0 aliphatic rings. The lowest BCUT2D eigenvalue weighted by atomic mass is 10.4. The van der Waals surface area contributed by atoms with Gasteiger partial charge in [0.25, 0.3) is 0 Å². The zero-order valence-electron chi connectivity index (χ0n) is 7.76. The Kier molecular flexibility index (Phi) is 3.14. The first kappa shape index (κ1) is 10.3. The highest BCUT2D eigenvalue weighted by atomic mass is 35.5. The van der Waals surface area contributed by atoms with Crippen LogP contribution in [0, 0.1) is 0 Å². The van der Waals surface area contributed by atoms with Crippen LogP contribution in [0.3, 0.4) is 0 Å². The van der Waals surface area contributed by atoms with Crippen LogP contribution >= 0.6 is 11.6 Å². The highest BCUT2D eigenvalue weighted by Gasteiger charge is 2.06. The van der Waals surface area contributed by atoms with E-state index in [0.717, 1.165) is 0 Å². The number of nitrogens with zero attached hydrogens (tertiary/aromatic N) is 1. The first-order valence-corrected chi connectivity index (χ1v) is 5.88. The van der Waals surface area contributed by atoms with Crippen LogP contribution in [0.15, 0.2) is 58.6 Å². The number of benzene rings is 1. The van der Waals surface area contributed by atoms with E-state index in [1.54, 1.807) is 42.6 Å². The minimum atomic E-state index is -1.22. The maximum Gasteiger partial charge on any atom is 0.132 e. The summed E-state index contributed by atoms with van der Waals surface area (Å²) in [5.41, 5.74) is 0. The van der Waals surface area contributed by atoms with Gasteiger partial charge in [-0.15, -0.1) is 0 Å². The standard InChI is InChI=1S/C11H8ClNOS/c12-9-4-6-10(7-5-9)15(14)11-3-1-2-8-13-11/h1-8H. The summed E-state index contributed by atoms with van der Waals surface area (Å²) >= 11 is 5.75. The molecule has 0 aliphatic carbocycles. The van der Waals surface area contributed by atoms with E-state index in [1.165, 1.54) is 0 Å². The van der Waals surface area contributed by atoms with Gasteiger partial charge in [0.15, 0.2) is 0 Å². The molecule has 2 rings (SSSR count). The van der Waals surface area contributed by atoms with Gasteiger partial charge < -0.3 is 0 Å². The first-order valence-electron chi connectivity index (χ1n) is 4.36. The summed E-state index contributed by atoms with van der Waals surface area (Å²) in [5.74, 6) is 0. The number of hydrogen-bond donors (Lipinski definition) is 0. The zero-order valence-corrected chi connectivity index (χ0v) is 9.33. The number of halogens is 1. The van der Waals surface area contributed by atoms with E-state index in [9.17, 15) is 4.21 Å². The van der Waals surface area contributed by atoms with Crippen molar-refractivity contribution in [1.29, 1.82) is 0 Å². The van der Waals surface area contributed by atoms with Crippen LogP contribution in [-0.4, -0.2) is 9.19 Å². The largest absolute Gasteiger partial charge is 0.247 e. The van der Waals surface area contributed by atoms with E-state index in [2.05, 4.69) is 4.98 Å². The summed E-state index contributed by atoms with van der Waals surface area (Å²) in [6, 6.07) is 12.3. The fraction of sp³-hybridized carbons (Fsp3) is 0. The molecule has 0 saturated heterocycles. The van der Waals surface area contributed by atoms with E-state index >= 15 is 0 Å². The number of hydrogen-bond acceptors (Lipinski definition) is 2. The Morgan fingerprint density at radius 2 is 1.80 bits per heavy atom. The molecule has 0 fully saturated rings. The van der Waals surface area contributed by atoms with Crippen molar-refractivity contribution in [3.05, 3.63) is 53.7 Å². The Morgan fingerprint density at radius 1 is 1.07 bits per heavy atom. The van der Waals surface area contributed by atoms with Crippen LogP contribution in [0.4, 0.5) is 0 Å². The predicted octanol–water partition coefficient (Wildman–Crippen LogP) is 2.90. The molecular weight excluding hydrogens is 230 g/mol. The molecule has 0 N–H and O–H groups in total. The average Bonchev–Trinajstić information content (AvgIpc) is 2.30. The summed E-state index contributed by atoms with van der Waals surface area (Å²) in [6.07, 6.45) is 1.63. The summed E-state index contributed by atoms with van der Waals surface area (Å²) < 4.78 is 12.0. The molecule has 0 aliphatic heterocycles. The molecule has 1 heterocycles. The van der Waals surface area contributed by atoms with E-state index in [0.29, 0.717) is 14.9 Å². The summed E-state index contributed by atoms with van der Waals surface area (Å²) in [6.45, 7) is 0. The lowest BCUT2D eigenvalue weighted by molar-refractivity contribution is 0.680. The third kappa shape index (κ3) is 2.43. The predicted molar refractivity (Wildman–Crippen MR) is 60.4 cm³/mol. The van der Waals surface area contributed by atoms with Crippen LogP contribution in [0.1, 0.15) is 0 Å². The van der Waals surface area contributed by atoms with Gasteiger partial charge in [0, 0.05) is 16.1 Å². The quantitative estimate of drug-likeness (QED) is 0.804. The minimum Gasteiger partial charge on any atom is -0.247 e. The molecule has 1 aromatic carbocycles. The molecule has 2 aromatic rings. The van der Waals surface area contributed by atoms with Gasteiger partial charge in [-0.05, 0) is 36.4 Å². The molecule has 2 nitrogen and oxygen atoms in total. The van der Waals surface area contributed by atoms with E-state index in [-0.39, 0.29) is 0 Å². The van der Waals surface area contributed by atoms with Gasteiger partial charge in [0.2, 0.25) is 0 Å². The Balaban J connectivity index is 2.33. The Labute approximate surface area is 95.4 Å². The van der Waals surface area contributed by atoms with Crippen molar-refractivity contribution in [3.8, 4) is 0 Å². The van der Waals surface area contributed by atoms with Crippen LogP contribution in [0.5, 0.6) is 0 Å². The van der Waals surface area contributed by atoms with Crippen molar-refractivity contribution in [1.82, 2.24) is 4.98 Å². The van der Waals surface area contributed by atoms with Gasteiger partial charge in [-0.25, -0.2) is 9.19 Å². The Hall–Kier alpha value is -1.19. The van der Waals surface area contributed by atoms with Gasteiger partial charge >= 0.3 is 0 Å². The summed E-state index contributed by atoms with van der Waals surface area (Å²) in [7, 11) is -1.22. The van der Waals surface area contributed by atoms with Gasteiger partial charge in [-0.1, -0.05) is 17.7 Å². The molecule has 1 aromatic heterocycles. The Bertz CT molecular complexity index is 470. The maximum atomic E-state index is 12.0. The third-order valence-electron chi connectivity index (χ3n) is 1.86. The second-order valence-electron chi connectivity index (χ2n) is 2.89. The molecule has 15 heavy (non-hydrogen) atoms. The number of aromatic nitrogens is 1. The van der Waals surface area contributed by atoms with E-state index in [4.69, 9.17) is 11.6 Å². The van der Waals surface area contributed by atoms with Gasteiger partial charge in [-0.2, -0.15) is 0 Å². The van der Waals surface area contributed by atoms with Gasteiger partial charge in [0.05, 0.1) is 0 Å². The van der Waals surface area contributed by atoms with Crippen LogP contribution in [-0.2, 0) is 10.8 Å². The van der Waals surface area contributed by atoms with Crippen LogP contribution in [0.2, 0.25) is 5.02 Å². The zero-order chi connectivity index (χ0) is 10.7. The smallest absolute Gasteiger partial charge is 0.132 e. The van der Waals surface area contributed by atoms with Crippen molar-refractivity contribution < 1.29 is 4.21 Å². The van der Waals surface area contributed by atoms with E-state index < -0.39 is 10.8 Å². The van der Waals surface area contributed by atoms with Crippen molar-refractivity contribution in [2.75, 3.05) is 0 Å². The first-order chi connectivity index (χ1) is 7.27. The highest BCUT2D eigenvalue weighted by molar-refractivity contribution is 7.85. The molecule has 76 valence electrons. The topological polar surface area (TPSA) is 30.0 Å². The number of pyridine rings is 1. The molecule has 4 heteroatoms. The monoisotopic (exact) mass is 237 g/mol. The fourth-order valence-corrected chi connectivity index (χ4v) is 2.25. The molecule has 0 bridgehead atoms. The Morgan fingerprint density at radius 3 is 2.40 bits per heavy atom. The molecule has 1 unspecified atom stereocenters. The highest BCUT2D eigenvalue weighted by Crippen LogP contribution is 2.16. The van der Waals surface area contributed by atoms with Crippen molar-refractivity contribution >= 4 is 22.4 Å². The SMILES string of the molecule is O=S(c1ccc(Cl)cc1)c1ccccn1. The normalized spacial score (nSPS) is 12.3. The summed E-state index contributed by atoms with van der Waals surface area (Å²) in [4.78, 5) is 4.75. The van der Waals surface area contributed by atoms with Crippen molar-refractivity contribution in [3.63, 3.8) is 0 Å². The third-order valence-corrected chi connectivity index (χ3v) is 3.43. The van der Waals surface area contributed by atoms with Gasteiger partial charge in [-0.3, -0.25) is 0 Å². The lowest BCUT2D eigenvalue weighted by Gasteiger charge is -2.00. The second-order valence-corrected chi connectivity index (χ2v) is 4.75. The summed E-state index contributed by atoms with van der Waals surface area (Å²) in [5, 5.41) is 1.19. The van der Waals surface area contributed by atoms with Gasteiger partial charge in [0.1, 0.15) is 15.8 Å². The molecule has 0 spiro atoms. The van der Waals surface area contributed by atoms with E-state index in [1.807, 2.05) is 6.07 Å².